The number of aromatic amines is 1. The van der Waals surface area contributed by atoms with Crippen LogP contribution in [-0.2, 0) is 6.42 Å². The van der Waals surface area contributed by atoms with Crippen molar-refractivity contribution in [3.63, 3.8) is 0 Å². The minimum Gasteiger partial charge on any atom is -0.258 e. The van der Waals surface area contributed by atoms with Crippen LogP contribution >= 0.6 is 0 Å². The molecule has 0 spiro atoms. The molecule has 0 bridgehead atoms. The summed E-state index contributed by atoms with van der Waals surface area (Å²) in [6.45, 7) is 3.79. The van der Waals surface area contributed by atoms with E-state index in [9.17, 15) is 0 Å². The fourth-order valence-electron chi connectivity index (χ4n) is 1.04. The maximum Gasteiger partial charge on any atom is 0.113 e. The minimum atomic E-state index is 0.794. The van der Waals surface area contributed by atoms with Crippen LogP contribution in [0.4, 0.5) is 0 Å². The highest BCUT2D eigenvalue weighted by atomic mass is 15.3. The van der Waals surface area contributed by atoms with Crippen molar-refractivity contribution in [2.75, 3.05) is 0 Å². The van der Waals surface area contributed by atoms with Crippen LogP contribution in [0.1, 0.15) is 5.56 Å². The third-order valence-electron chi connectivity index (χ3n) is 1.68. The number of aromatic nitrogens is 3. The summed E-state index contributed by atoms with van der Waals surface area (Å²) in [6, 6.07) is 5.98. The number of hydrogen-bond donors (Lipinski definition) is 1. The Kier molecular flexibility index (Phi) is 1.35. The van der Waals surface area contributed by atoms with Gasteiger partial charge in [-0.05, 0) is 31.0 Å². The van der Waals surface area contributed by atoms with Crippen LogP contribution in [0.25, 0.3) is 11.0 Å². The lowest BCUT2D eigenvalue weighted by molar-refractivity contribution is 0.959. The molecule has 1 heterocycles. The highest BCUT2D eigenvalue weighted by Crippen LogP contribution is 2.10. The molecule has 2 aromatic rings. The van der Waals surface area contributed by atoms with E-state index in [-0.39, 0.29) is 0 Å². The van der Waals surface area contributed by atoms with E-state index in [0.29, 0.717) is 0 Å². The normalized spacial score (nSPS) is 10.6. The van der Waals surface area contributed by atoms with Gasteiger partial charge in [0.1, 0.15) is 5.52 Å². The molecule has 1 radical (unpaired) electrons. The van der Waals surface area contributed by atoms with Crippen LogP contribution in [-0.4, -0.2) is 15.4 Å². The lowest BCUT2D eigenvalue weighted by Crippen LogP contribution is -1.78. The van der Waals surface area contributed by atoms with Crippen LogP contribution < -0.4 is 0 Å². The second-order valence-electron chi connectivity index (χ2n) is 2.41. The maximum absolute atomic E-state index is 3.89. The quantitative estimate of drug-likeness (QED) is 0.659. The fourth-order valence-corrected chi connectivity index (χ4v) is 1.04. The molecule has 0 amide bonds. The van der Waals surface area contributed by atoms with Crippen LogP contribution in [0.3, 0.4) is 0 Å². The first kappa shape index (κ1) is 6.34. The van der Waals surface area contributed by atoms with E-state index >= 15 is 0 Å². The Morgan fingerprint density at radius 3 is 3.18 bits per heavy atom. The van der Waals surface area contributed by atoms with Gasteiger partial charge in [-0.1, -0.05) is 11.3 Å². The Hall–Kier alpha value is -1.38. The van der Waals surface area contributed by atoms with Gasteiger partial charge in [-0.3, -0.25) is 5.10 Å². The average molecular weight is 146 g/mol. The number of hydrogen-bond acceptors (Lipinski definition) is 2. The zero-order valence-electron chi connectivity index (χ0n) is 6.04. The molecule has 11 heavy (non-hydrogen) atoms. The van der Waals surface area contributed by atoms with Crippen molar-refractivity contribution in [2.45, 2.75) is 6.42 Å². The number of benzene rings is 1. The van der Waals surface area contributed by atoms with E-state index in [4.69, 9.17) is 0 Å². The zero-order chi connectivity index (χ0) is 7.68. The van der Waals surface area contributed by atoms with Gasteiger partial charge in [0.05, 0.1) is 5.52 Å². The smallest absolute Gasteiger partial charge is 0.113 e. The van der Waals surface area contributed by atoms with Gasteiger partial charge in [0.15, 0.2) is 0 Å². The van der Waals surface area contributed by atoms with Gasteiger partial charge in [0, 0.05) is 0 Å². The lowest BCUT2D eigenvalue weighted by Gasteiger charge is -1.92. The molecule has 1 N–H and O–H groups in total. The number of fused-ring (bicyclic) bond motifs is 1. The SMILES string of the molecule is [CH2]Cc1ccc2[nH]nnc2c1. The molecule has 0 fully saturated rings. The van der Waals surface area contributed by atoms with E-state index in [1.165, 1.54) is 5.56 Å². The van der Waals surface area contributed by atoms with Crippen molar-refractivity contribution in [2.24, 2.45) is 0 Å². The first-order valence-electron chi connectivity index (χ1n) is 3.49. The Labute approximate surface area is 64.4 Å². The van der Waals surface area contributed by atoms with E-state index in [0.717, 1.165) is 17.5 Å². The predicted octanol–water partition coefficient (Wildman–Crippen LogP) is 1.33. The molecular weight excluding hydrogens is 138 g/mol. The highest BCUT2D eigenvalue weighted by Gasteiger charge is 1.96. The van der Waals surface area contributed by atoms with Crippen LogP contribution in [0.2, 0.25) is 0 Å². The lowest BCUT2D eigenvalue weighted by atomic mass is 10.1. The molecule has 0 aliphatic heterocycles. The third kappa shape index (κ3) is 0.981. The number of nitrogens with zero attached hydrogens (tertiary/aromatic N) is 2. The zero-order valence-corrected chi connectivity index (χ0v) is 6.04. The molecule has 0 saturated heterocycles. The summed E-state index contributed by atoms with van der Waals surface area (Å²) < 4.78 is 0. The summed E-state index contributed by atoms with van der Waals surface area (Å²) in [4.78, 5) is 0. The molecule has 0 unspecified atom stereocenters. The molecule has 1 aromatic carbocycles. The summed E-state index contributed by atoms with van der Waals surface area (Å²) in [5.74, 6) is 0. The Balaban J connectivity index is 2.67. The van der Waals surface area contributed by atoms with Crippen molar-refractivity contribution in [3.05, 3.63) is 30.7 Å². The first-order valence-corrected chi connectivity index (χ1v) is 3.49. The molecule has 3 heteroatoms. The molecule has 0 atom stereocenters. The van der Waals surface area contributed by atoms with E-state index in [2.05, 4.69) is 22.3 Å². The Morgan fingerprint density at radius 1 is 1.45 bits per heavy atom. The van der Waals surface area contributed by atoms with Gasteiger partial charge < -0.3 is 0 Å². The second-order valence-corrected chi connectivity index (χ2v) is 2.41. The largest absolute Gasteiger partial charge is 0.258 e. The number of rotatable bonds is 1. The van der Waals surface area contributed by atoms with Crippen molar-refractivity contribution in [1.82, 2.24) is 15.4 Å². The summed E-state index contributed by atoms with van der Waals surface area (Å²) >= 11 is 0. The monoisotopic (exact) mass is 146 g/mol. The predicted molar refractivity (Wildman–Crippen MR) is 42.9 cm³/mol. The summed E-state index contributed by atoms with van der Waals surface area (Å²) in [6.07, 6.45) is 0.794. The fraction of sp³-hybridized carbons (Fsp3) is 0.125. The van der Waals surface area contributed by atoms with Gasteiger partial charge in [-0.25, -0.2) is 0 Å². The van der Waals surface area contributed by atoms with Crippen molar-refractivity contribution >= 4 is 11.0 Å². The Bertz CT molecular complexity index is 364. The number of nitrogens with one attached hydrogen (secondary N) is 1. The van der Waals surface area contributed by atoms with Crippen LogP contribution in [0.15, 0.2) is 18.2 Å². The molecule has 0 saturated carbocycles. The van der Waals surface area contributed by atoms with E-state index in [1.54, 1.807) is 0 Å². The summed E-state index contributed by atoms with van der Waals surface area (Å²) in [5.41, 5.74) is 3.07. The molecule has 3 nitrogen and oxygen atoms in total. The van der Waals surface area contributed by atoms with E-state index < -0.39 is 0 Å². The molecule has 1 aromatic heterocycles. The third-order valence-corrected chi connectivity index (χ3v) is 1.68. The standard InChI is InChI=1S/C8H8N3/c1-2-6-3-4-7-8(5-6)10-11-9-7/h3-5H,1-2H2,(H,9,10,11). The Morgan fingerprint density at radius 2 is 2.36 bits per heavy atom. The molecular formula is C8H8N3. The van der Waals surface area contributed by atoms with Gasteiger partial charge in [0.25, 0.3) is 0 Å². The average Bonchev–Trinajstić information content (AvgIpc) is 2.50. The van der Waals surface area contributed by atoms with Crippen LogP contribution in [0, 0.1) is 6.92 Å². The molecule has 0 aliphatic rings. The van der Waals surface area contributed by atoms with Gasteiger partial charge in [-0.2, -0.15) is 0 Å². The maximum atomic E-state index is 3.89. The molecule has 55 valence electrons. The molecule has 0 aliphatic carbocycles. The van der Waals surface area contributed by atoms with Gasteiger partial charge in [-0.15, -0.1) is 5.10 Å². The van der Waals surface area contributed by atoms with Crippen molar-refractivity contribution in [3.8, 4) is 0 Å². The minimum absolute atomic E-state index is 0.794. The van der Waals surface area contributed by atoms with E-state index in [1.807, 2.05) is 18.2 Å². The highest BCUT2D eigenvalue weighted by molar-refractivity contribution is 5.74. The van der Waals surface area contributed by atoms with Crippen molar-refractivity contribution < 1.29 is 0 Å². The second kappa shape index (κ2) is 2.34. The first-order chi connectivity index (χ1) is 5.40. The van der Waals surface area contributed by atoms with Gasteiger partial charge >= 0.3 is 0 Å². The van der Waals surface area contributed by atoms with Gasteiger partial charge in [0.2, 0.25) is 0 Å². The molecule has 2 rings (SSSR count). The topological polar surface area (TPSA) is 41.6 Å². The summed E-state index contributed by atoms with van der Waals surface area (Å²) in [7, 11) is 0. The summed E-state index contributed by atoms with van der Waals surface area (Å²) in [5, 5.41) is 10.4. The van der Waals surface area contributed by atoms with Crippen LogP contribution in [0.5, 0.6) is 0 Å². The number of H-pyrrole nitrogens is 1. The van der Waals surface area contributed by atoms with Crippen molar-refractivity contribution in [1.29, 1.82) is 0 Å².